The zero-order chi connectivity index (χ0) is 20.2. The smallest absolute Gasteiger partial charge is 0.255 e. The summed E-state index contributed by atoms with van der Waals surface area (Å²) in [7, 11) is 0. The van der Waals surface area contributed by atoms with Gasteiger partial charge in [-0.2, -0.15) is 0 Å². The van der Waals surface area contributed by atoms with Crippen LogP contribution in [0.3, 0.4) is 0 Å². The van der Waals surface area contributed by atoms with Gasteiger partial charge in [0.1, 0.15) is 11.6 Å². The number of aromatic nitrogens is 4. The Morgan fingerprint density at radius 2 is 2.10 bits per heavy atom. The van der Waals surface area contributed by atoms with Crippen LogP contribution in [0, 0.1) is 5.82 Å². The molecule has 1 aliphatic heterocycles. The topological polar surface area (TPSA) is 72.7 Å². The third-order valence-corrected chi connectivity index (χ3v) is 5.68. The first kappa shape index (κ1) is 19.6. The van der Waals surface area contributed by atoms with E-state index in [1.807, 2.05) is 6.92 Å². The summed E-state index contributed by atoms with van der Waals surface area (Å²) in [4.78, 5) is 16.9. The number of hydrogen-bond acceptors (Lipinski definition) is 5. The van der Waals surface area contributed by atoms with Crippen molar-refractivity contribution in [2.75, 3.05) is 11.1 Å². The summed E-state index contributed by atoms with van der Waals surface area (Å²) in [6.45, 7) is 2.87. The number of carbonyl (C=O) groups excluding carboxylic acids is 1. The van der Waals surface area contributed by atoms with Gasteiger partial charge in [0.25, 0.3) is 5.91 Å². The number of hydrogen-bond donors (Lipinski definition) is 1. The van der Waals surface area contributed by atoms with Gasteiger partial charge in [-0.15, -0.1) is 22.0 Å². The Balaban J connectivity index is 1.60. The molecule has 1 aliphatic rings. The van der Waals surface area contributed by atoms with Gasteiger partial charge in [0, 0.05) is 30.3 Å². The quantitative estimate of drug-likeness (QED) is 0.623. The van der Waals surface area contributed by atoms with Crippen molar-refractivity contribution in [1.29, 1.82) is 0 Å². The number of amides is 1. The highest BCUT2D eigenvalue weighted by atomic mass is 32.2. The van der Waals surface area contributed by atoms with Crippen LogP contribution in [0.4, 0.5) is 10.1 Å². The highest BCUT2D eigenvalue weighted by Gasteiger charge is 2.18. The van der Waals surface area contributed by atoms with Crippen LogP contribution < -0.4 is 5.32 Å². The Labute approximate surface area is 173 Å². The zero-order valence-electron chi connectivity index (χ0n) is 16.2. The number of nitrogens with one attached hydrogen (secondary N) is 1. The number of rotatable bonds is 5. The number of carbonyl (C=O) groups is 1. The second kappa shape index (κ2) is 8.73. The molecule has 8 heteroatoms. The summed E-state index contributed by atoms with van der Waals surface area (Å²) >= 11 is 1.55. The van der Waals surface area contributed by atoms with Gasteiger partial charge < -0.3 is 9.88 Å². The van der Waals surface area contributed by atoms with E-state index in [9.17, 15) is 9.18 Å². The average molecular weight is 412 g/mol. The van der Waals surface area contributed by atoms with Gasteiger partial charge in [-0.3, -0.25) is 4.79 Å². The van der Waals surface area contributed by atoms with Crippen molar-refractivity contribution in [1.82, 2.24) is 19.7 Å². The van der Waals surface area contributed by atoms with E-state index in [0.29, 0.717) is 11.4 Å². The lowest BCUT2D eigenvalue weighted by Gasteiger charge is -2.11. The molecule has 150 valence electrons. The lowest BCUT2D eigenvalue weighted by molar-refractivity contribution is 0.102. The molecule has 0 aliphatic carbocycles. The van der Waals surface area contributed by atoms with Gasteiger partial charge in [-0.25, -0.2) is 9.37 Å². The minimum absolute atomic E-state index is 0.125. The molecule has 3 aromatic rings. The van der Waals surface area contributed by atoms with Gasteiger partial charge in [0.05, 0.1) is 10.7 Å². The Hall–Kier alpha value is -2.74. The molecule has 0 fully saturated rings. The van der Waals surface area contributed by atoms with Crippen molar-refractivity contribution in [3.8, 4) is 11.4 Å². The number of halogens is 1. The van der Waals surface area contributed by atoms with E-state index in [0.717, 1.165) is 54.4 Å². The summed E-state index contributed by atoms with van der Waals surface area (Å²) < 4.78 is 16.5. The van der Waals surface area contributed by atoms with Crippen LogP contribution in [0.1, 0.15) is 42.4 Å². The summed E-state index contributed by atoms with van der Waals surface area (Å²) in [5.74, 6) is 1.67. The fourth-order valence-corrected chi connectivity index (χ4v) is 4.07. The van der Waals surface area contributed by atoms with E-state index in [-0.39, 0.29) is 11.6 Å². The summed E-state index contributed by atoms with van der Waals surface area (Å²) in [6.07, 6.45) is 5.83. The first-order valence-corrected chi connectivity index (χ1v) is 10.8. The maximum atomic E-state index is 14.4. The molecule has 4 rings (SSSR count). The van der Waals surface area contributed by atoms with Crippen LogP contribution in [-0.4, -0.2) is 31.4 Å². The van der Waals surface area contributed by atoms with Crippen LogP contribution >= 0.6 is 11.8 Å². The van der Waals surface area contributed by atoms with Crippen LogP contribution in [0.2, 0.25) is 0 Å². The molecular weight excluding hydrogens is 389 g/mol. The second-order valence-corrected chi connectivity index (χ2v) is 8.15. The number of anilines is 1. The maximum absolute atomic E-state index is 14.4. The van der Waals surface area contributed by atoms with Gasteiger partial charge in [-0.05, 0) is 48.9 Å². The van der Waals surface area contributed by atoms with Crippen LogP contribution in [-0.2, 0) is 13.0 Å². The predicted octanol–water partition coefficient (Wildman–Crippen LogP) is 4.57. The molecule has 0 unspecified atom stereocenters. The van der Waals surface area contributed by atoms with E-state index in [4.69, 9.17) is 0 Å². The molecule has 0 atom stereocenters. The Morgan fingerprint density at radius 1 is 1.21 bits per heavy atom. The van der Waals surface area contributed by atoms with E-state index in [1.165, 1.54) is 6.07 Å². The van der Waals surface area contributed by atoms with Crippen LogP contribution in [0.15, 0.2) is 41.6 Å². The zero-order valence-corrected chi connectivity index (χ0v) is 17.0. The Kier molecular flexibility index (Phi) is 5.89. The number of thioether (sulfide) groups is 1. The molecule has 6 nitrogen and oxygen atoms in total. The molecule has 1 N–H and O–H groups in total. The minimum atomic E-state index is -0.491. The standard InChI is InChI=1S/C21H22FN5OS/c1-2-29-19-13-15(9-10-23-19)21(28)24-17-12-14(7-8-16(17)22)20-26-25-18-6-4-3-5-11-27(18)20/h7-10,12-13H,2-6,11H2,1H3,(H,24,28). The SMILES string of the molecule is CCSc1cc(C(=O)Nc2cc(-c3nnc4n3CCCCC4)ccc2F)ccn1. The lowest BCUT2D eigenvalue weighted by atomic mass is 10.1. The van der Waals surface area contributed by atoms with Gasteiger partial charge in [0.2, 0.25) is 0 Å². The number of pyridine rings is 1. The first-order chi connectivity index (χ1) is 14.2. The fourth-order valence-electron chi connectivity index (χ4n) is 3.43. The molecule has 29 heavy (non-hydrogen) atoms. The first-order valence-electron chi connectivity index (χ1n) is 9.78. The molecular formula is C21H22FN5OS. The van der Waals surface area contributed by atoms with E-state index >= 15 is 0 Å². The Bertz CT molecular complexity index is 1040. The highest BCUT2D eigenvalue weighted by Crippen LogP contribution is 2.27. The largest absolute Gasteiger partial charge is 0.319 e. The van der Waals surface area contributed by atoms with Gasteiger partial charge in [0.15, 0.2) is 5.82 Å². The summed E-state index contributed by atoms with van der Waals surface area (Å²) in [5.41, 5.74) is 1.30. The minimum Gasteiger partial charge on any atom is -0.319 e. The monoisotopic (exact) mass is 411 g/mol. The van der Waals surface area contributed by atoms with E-state index in [1.54, 1.807) is 42.2 Å². The summed E-state index contributed by atoms with van der Waals surface area (Å²) in [6, 6.07) is 7.99. The van der Waals surface area contributed by atoms with E-state index < -0.39 is 5.82 Å². The van der Waals surface area contributed by atoms with E-state index in [2.05, 4.69) is 25.1 Å². The lowest BCUT2D eigenvalue weighted by Crippen LogP contribution is -2.13. The van der Waals surface area contributed by atoms with Crippen molar-refractivity contribution in [2.45, 2.75) is 44.2 Å². The van der Waals surface area contributed by atoms with Crippen molar-refractivity contribution in [2.24, 2.45) is 0 Å². The van der Waals surface area contributed by atoms with Crippen molar-refractivity contribution in [3.63, 3.8) is 0 Å². The number of nitrogens with zero attached hydrogens (tertiary/aromatic N) is 4. The molecule has 0 saturated heterocycles. The molecule has 0 saturated carbocycles. The van der Waals surface area contributed by atoms with Gasteiger partial charge >= 0.3 is 0 Å². The third kappa shape index (κ3) is 4.32. The number of aryl methyl sites for hydroxylation is 1. The molecule has 1 amide bonds. The fraction of sp³-hybridized carbons (Fsp3) is 0.333. The van der Waals surface area contributed by atoms with Crippen molar-refractivity contribution < 1.29 is 9.18 Å². The maximum Gasteiger partial charge on any atom is 0.255 e. The molecule has 3 heterocycles. The molecule has 1 aromatic carbocycles. The molecule has 0 spiro atoms. The molecule has 2 aromatic heterocycles. The third-order valence-electron chi connectivity index (χ3n) is 4.87. The highest BCUT2D eigenvalue weighted by molar-refractivity contribution is 7.99. The second-order valence-electron chi connectivity index (χ2n) is 6.87. The summed E-state index contributed by atoms with van der Waals surface area (Å²) in [5, 5.41) is 12.1. The van der Waals surface area contributed by atoms with Crippen LogP contribution in [0.5, 0.6) is 0 Å². The average Bonchev–Trinajstić information content (AvgIpc) is 2.98. The molecule has 0 bridgehead atoms. The van der Waals surface area contributed by atoms with Gasteiger partial charge in [-0.1, -0.05) is 13.3 Å². The normalized spacial score (nSPS) is 13.6. The molecule has 0 radical (unpaired) electrons. The Morgan fingerprint density at radius 3 is 2.97 bits per heavy atom. The predicted molar refractivity (Wildman–Crippen MR) is 112 cm³/mol. The van der Waals surface area contributed by atoms with Crippen molar-refractivity contribution >= 4 is 23.4 Å². The van der Waals surface area contributed by atoms with Crippen molar-refractivity contribution in [3.05, 3.63) is 53.7 Å². The van der Waals surface area contributed by atoms with Crippen LogP contribution in [0.25, 0.3) is 11.4 Å². The number of benzene rings is 1. The number of fused-ring (bicyclic) bond motifs is 1.